The Kier molecular flexibility index (Phi) is 19.3. The minimum absolute atomic E-state index is 0.0303. The lowest BCUT2D eigenvalue weighted by Crippen LogP contribution is -2.56. The number of rotatable bonds is 16. The average molecular weight is 1270 g/mol. The number of likely N-dealkylation sites (tertiary alicyclic amines) is 2. The second kappa shape index (κ2) is 28.3. The molecular formula is C66H67F4N17O6. The molecule has 0 spiro atoms. The van der Waals surface area contributed by atoms with E-state index in [0.29, 0.717) is 63.7 Å². The van der Waals surface area contributed by atoms with E-state index in [-0.39, 0.29) is 79.6 Å². The summed E-state index contributed by atoms with van der Waals surface area (Å²) in [4.78, 5) is 62.3. The number of carbonyl (C=O) groups excluding carboxylic acids is 2. The molecule has 0 unspecified atom stereocenters. The van der Waals surface area contributed by atoms with E-state index in [1.165, 1.54) is 28.8 Å². The van der Waals surface area contributed by atoms with Gasteiger partial charge in [-0.3, -0.25) is 24.4 Å². The number of nitriles is 3. The average Bonchev–Trinajstić information content (AvgIpc) is 1.44. The second-order valence-corrected chi connectivity index (χ2v) is 23.5. The monoisotopic (exact) mass is 1270 g/mol. The van der Waals surface area contributed by atoms with Crippen LogP contribution in [-0.4, -0.2) is 211 Å². The summed E-state index contributed by atoms with van der Waals surface area (Å²) in [6.45, 7) is 11.6. The Morgan fingerprint density at radius 1 is 0.677 bits per heavy atom. The molecule has 9 heterocycles. The minimum Gasteiger partial charge on any atom is -0.486 e. The Labute approximate surface area is 534 Å². The Morgan fingerprint density at radius 3 is 1.77 bits per heavy atom. The quantitative estimate of drug-likeness (QED) is 0.0893. The molecule has 93 heavy (non-hydrogen) atoms. The first-order valence-corrected chi connectivity index (χ1v) is 30.9. The van der Waals surface area contributed by atoms with E-state index in [1.54, 1.807) is 67.9 Å². The van der Waals surface area contributed by atoms with Crippen LogP contribution in [0, 0.1) is 39.8 Å². The number of ether oxygens (including phenoxy) is 4. The van der Waals surface area contributed by atoms with Crippen LogP contribution in [0.5, 0.6) is 11.5 Å². The molecular weight excluding hydrogens is 1200 g/mol. The van der Waals surface area contributed by atoms with E-state index in [1.807, 2.05) is 24.3 Å². The van der Waals surface area contributed by atoms with E-state index in [4.69, 9.17) is 24.2 Å². The lowest BCUT2D eigenvalue weighted by Gasteiger charge is -2.43. The predicted octanol–water partition coefficient (Wildman–Crippen LogP) is 7.42. The molecule has 0 aliphatic carbocycles. The predicted molar refractivity (Wildman–Crippen MR) is 337 cm³/mol. The van der Waals surface area contributed by atoms with Crippen molar-refractivity contribution in [3.8, 4) is 52.5 Å². The number of hydrogen-bond donors (Lipinski definition) is 2. The summed E-state index contributed by atoms with van der Waals surface area (Å²) in [6.07, 6.45) is -0.804. The highest BCUT2D eigenvalue weighted by Gasteiger charge is 2.48. The smallest absolute Gasteiger partial charge is 0.301 e. The third-order valence-electron chi connectivity index (χ3n) is 17.4. The number of aromatic nitrogens is 4. The van der Waals surface area contributed by atoms with Gasteiger partial charge in [0.15, 0.2) is 23.9 Å². The zero-order valence-electron chi connectivity index (χ0n) is 51.0. The Morgan fingerprint density at radius 2 is 1.25 bits per heavy atom. The summed E-state index contributed by atoms with van der Waals surface area (Å²) >= 11 is 0. The van der Waals surface area contributed by atoms with Crippen molar-refractivity contribution in [1.82, 2.24) is 39.5 Å². The fraction of sp³-hybridized carbons (Fsp3) is 0.409. The Hall–Kier alpha value is -9.85. The highest BCUT2D eigenvalue weighted by atomic mass is 19.3. The molecule has 0 bridgehead atoms. The molecule has 3 atom stereocenters. The van der Waals surface area contributed by atoms with Gasteiger partial charge in [0, 0.05) is 119 Å². The first-order valence-electron chi connectivity index (χ1n) is 30.9. The van der Waals surface area contributed by atoms with Crippen LogP contribution < -0.4 is 29.9 Å². The van der Waals surface area contributed by atoms with Crippen LogP contribution in [0.25, 0.3) is 22.8 Å². The first-order chi connectivity index (χ1) is 45.2. The number of amides is 2. The fourth-order valence-corrected chi connectivity index (χ4v) is 12.0. The van der Waals surface area contributed by atoms with Crippen LogP contribution in [0.1, 0.15) is 37.3 Å². The topological polar surface area (TPSA) is 262 Å². The summed E-state index contributed by atoms with van der Waals surface area (Å²) in [5.41, 5.74) is 4.63. The number of piperazine rings is 2. The van der Waals surface area contributed by atoms with Gasteiger partial charge in [0.25, 0.3) is 5.91 Å². The molecule has 6 aromatic rings. The van der Waals surface area contributed by atoms with Crippen molar-refractivity contribution >= 4 is 57.7 Å². The third kappa shape index (κ3) is 14.9. The van der Waals surface area contributed by atoms with E-state index in [9.17, 15) is 24.5 Å². The fourth-order valence-electron chi connectivity index (χ4n) is 12.0. The maximum atomic E-state index is 15.2. The molecule has 0 radical (unpaired) electrons. The number of carbonyl (C=O) groups is 2. The summed E-state index contributed by atoms with van der Waals surface area (Å²) in [5, 5.41) is 34.8. The molecule has 2 aromatic heterocycles. The number of anilines is 6. The summed E-state index contributed by atoms with van der Waals surface area (Å²) < 4.78 is 82.6. The van der Waals surface area contributed by atoms with Gasteiger partial charge in [0.05, 0.1) is 81.0 Å². The molecule has 2 N–H and O–H groups in total. The number of halogens is 4. The number of hydrogen-bond acceptors (Lipinski definition) is 21. The molecule has 7 aliphatic rings. The van der Waals surface area contributed by atoms with Crippen molar-refractivity contribution in [1.29, 1.82) is 15.8 Å². The summed E-state index contributed by atoms with van der Waals surface area (Å²) in [5.74, 6) is -2.21. The van der Waals surface area contributed by atoms with Gasteiger partial charge >= 0.3 is 5.92 Å². The molecule has 480 valence electrons. The lowest BCUT2D eigenvalue weighted by atomic mass is 10.0. The van der Waals surface area contributed by atoms with Gasteiger partial charge < -0.3 is 49.2 Å². The van der Waals surface area contributed by atoms with Gasteiger partial charge in [0.2, 0.25) is 5.91 Å². The van der Waals surface area contributed by atoms with Gasteiger partial charge in [-0.15, -0.1) is 0 Å². The zero-order valence-corrected chi connectivity index (χ0v) is 51.0. The molecule has 27 heteroatoms. The third-order valence-corrected chi connectivity index (χ3v) is 17.4. The number of alkyl halides is 3. The van der Waals surface area contributed by atoms with Gasteiger partial charge in [-0.2, -0.15) is 15.8 Å². The van der Waals surface area contributed by atoms with Crippen LogP contribution in [0.15, 0.2) is 113 Å². The van der Waals surface area contributed by atoms with Crippen LogP contribution in [0.3, 0.4) is 0 Å². The van der Waals surface area contributed by atoms with Gasteiger partial charge in [-0.05, 0) is 97.9 Å². The van der Waals surface area contributed by atoms with Crippen molar-refractivity contribution < 1.29 is 46.1 Å². The molecule has 2 amide bonds. The van der Waals surface area contributed by atoms with E-state index in [0.717, 1.165) is 89.4 Å². The molecule has 23 nitrogen and oxygen atoms in total. The molecule has 7 aliphatic heterocycles. The highest BCUT2D eigenvalue weighted by Crippen LogP contribution is 2.36. The highest BCUT2D eigenvalue weighted by molar-refractivity contribution is 6.42. The second-order valence-electron chi connectivity index (χ2n) is 23.5. The number of nitrogens with zero attached hydrogens (tertiary/aromatic N) is 15. The molecule has 0 saturated carbocycles. The largest absolute Gasteiger partial charge is 0.486 e. The van der Waals surface area contributed by atoms with Crippen molar-refractivity contribution in [3.63, 3.8) is 0 Å². The minimum atomic E-state index is -3.34. The molecule has 6 saturated heterocycles. The van der Waals surface area contributed by atoms with Crippen LogP contribution in [-0.2, 0) is 19.1 Å². The first kappa shape index (κ1) is 63.3. The number of piperidine rings is 2. The van der Waals surface area contributed by atoms with E-state index >= 15 is 13.2 Å². The van der Waals surface area contributed by atoms with Crippen LogP contribution in [0.4, 0.5) is 51.9 Å². The number of aliphatic imine (C=N–C) groups is 2. The van der Waals surface area contributed by atoms with Crippen molar-refractivity contribution in [3.05, 3.63) is 120 Å². The van der Waals surface area contributed by atoms with Crippen molar-refractivity contribution in [2.45, 2.75) is 62.6 Å². The maximum Gasteiger partial charge on any atom is 0.301 e. The van der Waals surface area contributed by atoms with Gasteiger partial charge in [0.1, 0.15) is 65.2 Å². The molecule has 6 fully saturated rings. The Bertz CT molecular complexity index is 3910. The van der Waals surface area contributed by atoms with Gasteiger partial charge in [-0.1, -0.05) is 0 Å². The van der Waals surface area contributed by atoms with Crippen LogP contribution >= 0.6 is 0 Å². The SMILES string of the molecule is CC1=NCC(C(=O)N2CC[C@H](Oc3ccc(-c4nccc(Nc5ccc(N6CCN(C7COC7)CC6)cc5)n4)cc3C#N)C(F)(F)C2)=N1.N#CCC(=O)N1CC[C@H](Oc2ccc(-c3nccc(Nc4ccc(N5CCN(C6COC6)CC5)c(F)c4)n3)cc2C#N)[C@H](F)C1. The molecule has 13 rings (SSSR count). The number of nitrogens with one attached hydrogen (secondary N) is 2. The zero-order chi connectivity index (χ0) is 64.6. The van der Waals surface area contributed by atoms with E-state index in [2.05, 4.69) is 78.4 Å². The normalized spacial score (nSPS) is 20.9. The van der Waals surface area contributed by atoms with Crippen molar-refractivity contribution in [2.75, 3.05) is 132 Å². The molecule has 4 aromatic carbocycles. The number of amidine groups is 1. The Balaban J connectivity index is 0.000000179. The van der Waals surface area contributed by atoms with E-state index < -0.39 is 42.7 Å². The number of benzene rings is 4. The lowest BCUT2D eigenvalue weighted by molar-refractivity contribution is -0.155. The van der Waals surface area contributed by atoms with Gasteiger partial charge in [-0.25, -0.2) is 42.5 Å². The van der Waals surface area contributed by atoms with Crippen molar-refractivity contribution in [2.24, 2.45) is 9.98 Å². The standard InChI is InChI=1S/C34H35F2N9O3.C32H32F2N8O3/c1-22-39-18-28(40-22)33(46)45-11-9-30(34(35,36)21-45)48-29-7-2-23(16-24(29)17-37)32-38-10-8-31(42-32)41-25-3-5-26(6-4-25)43-12-14-44(15-13-43)27-19-47-20-27;33-25-16-23(2-3-27(25)41-13-11-40(12-14-41)24-19-44-20-24)38-30-6-9-37-32(39-30)21-1-4-28(22(15-21)17-36)45-29-7-10-42(18-26(29)34)31(43)5-8-35/h2-8,10,16,27,30H,9,11-15,18-21H2,1H3,(H,38,41,42);1-4,6,9,15-16,24,26,29H,5,7,10-14,18-20H2,(H,37,38,39)/t30-;26-,29+/m01/s1. The van der Waals surface area contributed by atoms with Crippen LogP contribution in [0.2, 0.25) is 0 Å². The summed E-state index contributed by atoms with van der Waals surface area (Å²) in [7, 11) is 0. The summed E-state index contributed by atoms with van der Waals surface area (Å²) in [6, 6.07) is 33.1. The maximum absolute atomic E-state index is 15.2.